The Morgan fingerprint density at radius 2 is 2.00 bits per heavy atom. The molecule has 1 N–H and O–H groups in total. The van der Waals surface area contributed by atoms with Crippen LogP contribution in [-0.4, -0.2) is 37.0 Å². The molecule has 0 bridgehead atoms. The Hall–Kier alpha value is -0.910. The summed E-state index contributed by atoms with van der Waals surface area (Å²) in [7, 11) is 1.33. The summed E-state index contributed by atoms with van der Waals surface area (Å²) in [5.74, 6) is 0.201. The number of hydrogen-bond acceptors (Lipinski definition) is 4. The number of esters is 1. The average molecular weight is 376 g/mol. The van der Waals surface area contributed by atoms with E-state index in [1.807, 2.05) is 18.4 Å². The predicted molar refractivity (Wildman–Crippen MR) is 94.3 cm³/mol. The van der Waals surface area contributed by atoms with Crippen LogP contribution in [0.15, 0.2) is 18.2 Å². The molecule has 1 saturated carbocycles. The topological polar surface area (TPSA) is 55.4 Å². The third-order valence-electron chi connectivity index (χ3n) is 3.85. The van der Waals surface area contributed by atoms with Crippen LogP contribution in [0.3, 0.4) is 0 Å². The molecule has 0 unspecified atom stereocenters. The van der Waals surface area contributed by atoms with Crippen LogP contribution in [0, 0.1) is 5.92 Å². The monoisotopic (exact) mass is 375 g/mol. The largest absolute Gasteiger partial charge is 0.467 e. The van der Waals surface area contributed by atoms with E-state index >= 15 is 0 Å². The second-order valence-corrected chi connectivity index (χ2v) is 7.38. The molecule has 2 rings (SSSR count). The van der Waals surface area contributed by atoms with Gasteiger partial charge in [0.05, 0.1) is 7.11 Å². The van der Waals surface area contributed by atoms with Gasteiger partial charge in [-0.25, -0.2) is 4.79 Å². The van der Waals surface area contributed by atoms with Gasteiger partial charge in [0.2, 0.25) is 5.91 Å². The maximum Gasteiger partial charge on any atom is 0.328 e. The fourth-order valence-electron chi connectivity index (χ4n) is 2.55. The molecule has 1 aromatic rings. The van der Waals surface area contributed by atoms with Crippen LogP contribution < -0.4 is 5.32 Å². The Kier molecular flexibility index (Phi) is 6.62. The lowest BCUT2D eigenvalue weighted by molar-refractivity contribution is -0.145. The van der Waals surface area contributed by atoms with Crippen molar-refractivity contribution in [2.75, 3.05) is 19.1 Å². The number of nitrogens with one attached hydrogen (secondary N) is 1. The van der Waals surface area contributed by atoms with Gasteiger partial charge in [-0.05, 0) is 54.5 Å². The lowest BCUT2D eigenvalue weighted by Crippen LogP contribution is -2.42. The van der Waals surface area contributed by atoms with E-state index < -0.39 is 12.0 Å². The highest BCUT2D eigenvalue weighted by molar-refractivity contribution is 7.98. The van der Waals surface area contributed by atoms with Gasteiger partial charge in [0, 0.05) is 16.0 Å². The zero-order chi connectivity index (χ0) is 17.0. The summed E-state index contributed by atoms with van der Waals surface area (Å²) in [6.07, 6.45) is 3.24. The first kappa shape index (κ1) is 18.4. The van der Waals surface area contributed by atoms with Crippen molar-refractivity contribution in [2.45, 2.75) is 24.8 Å². The van der Waals surface area contributed by atoms with E-state index in [0.29, 0.717) is 16.5 Å². The van der Waals surface area contributed by atoms with Crippen LogP contribution in [0.1, 0.15) is 24.3 Å². The van der Waals surface area contributed by atoms with Gasteiger partial charge in [-0.2, -0.15) is 11.8 Å². The fourth-order valence-corrected chi connectivity index (χ4v) is 3.56. The molecule has 126 valence electrons. The second-order valence-electron chi connectivity index (χ2n) is 5.52. The quantitative estimate of drug-likeness (QED) is 0.740. The van der Waals surface area contributed by atoms with Gasteiger partial charge in [-0.15, -0.1) is 0 Å². The van der Waals surface area contributed by atoms with Gasteiger partial charge in [0.25, 0.3) is 0 Å². The molecule has 0 spiro atoms. The zero-order valence-electron chi connectivity index (χ0n) is 13.0. The lowest BCUT2D eigenvalue weighted by atomic mass is 10.1. The van der Waals surface area contributed by atoms with E-state index in [9.17, 15) is 9.59 Å². The summed E-state index contributed by atoms with van der Waals surface area (Å²) in [5.41, 5.74) is 0.960. The highest BCUT2D eigenvalue weighted by Gasteiger charge is 2.45. The molecular weight excluding hydrogens is 357 g/mol. The summed E-state index contributed by atoms with van der Waals surface area (Å²) in [6.45, 7) is 0. The van der Waals surface area contributed by atoms with Crippen molar-refractivity contribution in [1.29, 1.82) is 0 Å². The maximum absolute atomic E-state index is 12.4. The molecule has 23 heavy (non-hydrogen) atoms. The Balaban J connectivity index is 1.97. The van der Waals surface area contributed by atoms with Crippen molar-refractivity contribution in [1.82, 2.24) is 5.32 Å². The first-order valence-electron chi connectivity index (χ1n) is 7.29. The molecule has 0 heterocycles. The van der Waals surface area contributed by atoms with Crippen molar-refractivity contribution in [3.05, 3.63) is 33.8 Å². The van der Waals surface area contributed by atoms with Gasteiger partial charge in [-0.1, -0.05) is 23.2 Å². The molecule has 1 aliphatic rings. The van der Waals surface area contributed by atoms with Gasteiger partial charge < -0.3 is 10.1 Å². The van der Waals surface area contributed by atoms with Crippen LogP contribution in [-0.2, 0) is 14.3 Å². The minimum Gasteiger partial charge on any atom is -0.467 e. The molecule has 0 aliphatic heterocycles. The Morgan fingerprint density at radius 3 is 2.57 bits per heavy atom. The molecule has 0 saturated heterocycles. The molecule has 1 aromatic carbocycles. The minimum absolute atomic E-state index is 0.102. The van der Waals surface area contributed by atoms with E-state index in [1.165, 1.54) is 7.11 Å². The van der Waals surface area contributed by atoms with Crippen LogP contribution in [0.25, 0.3) is 0 Å². The molecule has 0 radical (unpaired) electrons. The number of rotatable bonds is 7. The Bertz CT molecular complexity index is 576. The smallest absolute Gasteiger partial charge is 0.328 e. The van der Waals surface area contributed by atoms with Crippen LogP contribution in [0.5, 0.6) is 0 Å². The van der Waals surface area contributed by atoms with Gasteiger partial charge in [-0.3, -0.25) is 4.79 Å². The van der Waals surface area contributed by atoms with Crippen molar-refractivity contribution in [2.24, 2.45) is 5.92 Å². The van der Waals surface area contributed by atoms with E-state index in [2.05, 4.69) is 5.32 Å². The minimum atomic E-state index is -0.593. The summed E-state index contributed by atoms with van der Waals surface area (Å²) in [5, 5.41) is 3.92. The molecule has 1 amide bonds. The Labute approximate surface area is 150 Å². The summed E-state index contributed by atoms with van der Waals surface area (Å²) < 4.78 is 4.76. The van der Waals surface area contributed by atoms with Crippen LogP contribution in [0.4, 0.5) is 0 Å². The number of ether oxygens (including phenoxy) is 1. The standard InChI is InChI=1S/C16H19Cl2NO3S/c1-22-16(21)14(3-4-23-2)19-15(20)13-8-12(13)9-5-10(17)7-11(18)6-9/h5-7,12-14H,3-4,8H2,1-2H3,(H,19,20)/t12-,13+,14+/m1/s1. The first-order valence-corrected chi connectivity index (χ1v) is 9.44. The number of amides is 1. The van der Waals surface area contributed by atoms with Crippen molar-refractivity contribution in [3.63, 3.8) is 0 Å². The number of carbonyl (C=O) groups is 2. The van der Waals surface area contributed by atoms with Crippen LogP contribution in [0.2, 0.25) is 10.0 Å². The normalized spacial score (nSPS) is 20.7. The van der Waals surface area contributed by atoms with Crippen LogP contribution >= 0.6 is 35.0 Å². The van der Waals surface area contributed by atoms with E-state index in [0.717, 1.165) is 17.7 Å². The molecule has 1 aliphatic carbocycles. The van der Waals surface area contributed by atoms with Crippen molar-refractivity contribution in [3.8, 4) is 0 Å². The highest BCUT2D eigenvalue weighted by Crippen LogP contribution is 2.48. The molecule has 0 aromatic heterocycles. The van der Waals surface area contributed by atoms with E-state index in [1.54, 1.807) is 17.8 Å². The Morgan fingerprint density at radius 1 is 1.35 bits per heavy atom. The maximum atomic E-state index is 12.4. The number of carbonyl (C=O) groups excluding carboxylic acids is 2. The van der Waals surface area contributed by atoms with E-state index in [-0.39, 0.29) is 17.7 Å². The third kappa shape index (κ3) is 5.03. The summed E-state index contributed by atoms with van der Waals surface area (Å²) in [6, 6.07) is 4.73. The number of methoxy groups -OCH3 is 1. The average Bonchev–Trinajstić information content (AvgIpc) is 3.30. The van der Waals surface area contributed by atoms with Gasteiger partial charge in [0.1, 0.15) is 6.04 Å². The fraction of sp³-hybridized carbons (Fsp3) is 0.500. The molecular formula is C16H19Cl2NO3S. The second kappa shape index (κ2) is 8.27. The SMILES string of the molecule is COC(=O)[C@H](CCSC)NC(=O)[C@H]1C[C@@H]1c1cc(Cl)cc(Cl)c1. The third-order valence-corrected chi connectivity index (χ3v) is 4.93. The lowest BCUT2D eigenvalue weighted by Gasteiger charge is -2.16. The van der Waals surface area contributed by atoms with Crippen molar-refractivity contribution < 1.29 is 14.3 Å². The number of benzene rings is 1. The van der Waals surface area contributed by atoms with E-state index in [4.69, 9.17) is 27.9 Å². The summed E-state index contributed by atoms with van der Waals surface area (Å²) >= 11 is 13.6. The molecule has 1 fully saturated rings. The van der Waals surface area contributed by atoms with Gasteiger partial charge >= 0.3 is 5.97 Å². The van der Waals surface area contributed by atoms with Crippen molar-refractivity contribution >= 4 is 46.8 Å². The summed E-state index contributed by atoms with van der Waals surface area (Å²) in [4.78, 5) is 24.1. The zero-order valence-corrected chi connectivity index (χ0v) is 15.3. The van der Waals surface area contributed by atoms with Gasteiger partial charge in [0.15, 0.2) is 0 Å². The molecule has 7 heteroatoms. The number of thioether (sulfide) groups is 1. The first-order chi connectivity index (χ1) is 11.0. The predicted octanol–water partition coefficient (Wildman–Crippen LogP) is 3.51. The number of halogens is 2. The highest BCUT2D eigenvalue weighted by atomic mass is 35.5. The molecule has 3 atom stereocenters. The number of hydrogen-bond donors (Lipinski definition) is 1. The molecule has 4 nitrogen and oxygen atoms in total.